The molecule has 0 radical (unpaired) electrons. The number of benzene rings is 2. The molecular weight excluding hydrogens is 266 g/mol. The highest BCUT2D eigenvalue weighted by Gasteiger charge is 2.10. The van der Waals surface area contributed by atoms with E-state index in [0.29, 0.717) is 0 Å². The van der Waals surface area contributed by atoms with Crippen LogP contribution in [0.2, 0.25) is 5.02 Å². The van der Waals surface area contributed by atoms with Crippen molar-refractivity contribution in [2.45, 2.75) is 6.92 Å². The number of nitrogens with zero attached hydrogens (tertiary/aromatic N) is 1. The van der Waals surface area contributed by atoms with Gasteiger partial charge in [0, 0.05) is 16.8 Å². The van der Waals surface area contributed by atoms with Gasteiger partial charge in [0.2, 0.25) is 0 Å². The van der Waals surface area contributed by atoms with Crippen LogP contribution in [0, 0.1) is 6.92 Å². The maximum atomic E-state index is 6.59. The van der Waals surface area contributed by atoms with Gasteiger partial charge < -0.3 is 0 Å². The Morgan fingerprint density at radius 1 is 0.750 bits per heavy atom. The Balaban J connectivity index is 2.15. The van der Waals surface area contributed by atoms with Crippen LogP contribution in [-0.4, -0.2) is 4.98 Å². The molecule has 0 bridgehead atoms. The maximum absolute atomic E-state index is 6.59. The van der Waals surface area contributed by atoms with E-state index in [4.69, 9.17) is 11.6 Å². The van der Waals surface area contributed by atoms with Crippen molar-refractivity contribution in [1.82, 2.24) is 4.98 Å². The number of halogens is 1. The minimum Gasteiger partial charge on any atom is -0.253 e. The minimum absolute atomic E-state index is 0.747. The van der Waals surface area contributed by atoms with Gasteiger partial charge in [0.05, 0.1) is 10.7 Å². The van der Waals surface area contributed by atoms with E-state index in [-0.39, 0.29) is 0 Å². The third-order valence-electron chi connectivity index (χ3n) is 3.25. The molecule has 3 rings (SSSR count). The average molecular weight is 280 g/mol. The first kappa shape index (κ1) is 12.9. The van der Waals surface area contributed by atoms with E-state index < -0.39 is 0 Å². The number of aryl methyl sites for hydroxylation is 1. The average Bonchev–Trinajstić information content (AvgIpc) is 2.48. The van der Waals surface area contributed by atoms with E-state index in [9.17, 15) is 0 Å². The topological polar surface area (TPSA) is 12.9 Å². The second kappa shape index (κ2) is 5.48. The van der Waals surface area contributed by atoms with Crippen molar-refractivity contribution in [3.8, 4) is 22.4 Å². The zero-order chi connectivity index (χ0) is 13.9. The summed E-state index contributed by atoms with van der Waals surface area (Å²) in [6, 6.07) is 22.2. The smallest absolute Gasteiger partial charge is 0.0720 e. The van der Waals surface area contributed by atoms with Crippen LogP contribution >= 0.6 is 11.6 Å². The van der Waals surface area contributed by atoms with Gasteiger partial charge in [-0.2, -0.15) is 0 Å². The second-order valence-corrected chi connectivity index (χ2v) is 5.08. The number of hydrogen-bond acceptors (Lipinski definition) is 1. The molecular formula is C18H14ClN. The normalized spacial score (nSPS) is 10.5. The fraction of sp³-hybridized carbons (Fsp3) is 0.0556. The highest BCUT2D eigenvalue weighted by atomic mass is 35.5. The van der Waals surface area contributed by atoms with Gasteiger partial charge in [-0.25, -0.2) is 0 Å². The Labute approximate surface area is 123 Å². The van der Waals surface area contributed by atoms with E-state index in [1.165, 1.54) is 0 Å². The van der Waals surface area contributed by atoms with Crippen LogP contribution in [0.15, 0.2) is 66.7 Å². The van der Waals surface area contributed by atoms with E-state index in [2.05, 4.69) is 17.1 Å². The summed E-state index contributed by atoms with van der Waals surface area (Å²) in [5.41, 5.74) is 5.02. The van der Waals surface area contributed by atoms with Gasteiger partial charge in [-0.15, -0.1) is 0 Å². The van der Waals surface area contributed by atoms with Gasteiger partial charge in [-0.3, -0.25) is 4.98 Å². The summed E-state index contributed by atoms with van der Waals surface area (Å²) in [5.74, 6) is 0. The molecule has 0 unspecified atom stereocenters. The summed E-state index contributed by atoms with van der Waals surface area (Å²) in [7, 11) is 0. The molecule has 2 heteroatoms. The zero-order valence-corrected chi connectivity index (χ0v) is 11.9. The van der Waals surface area contributed by atoms with E-state index in [0.717, 1.165) is 33.1 Å². The molecule has 0 saturated carbocycles. The lowest BCUT2D eigenvalue weighted by atomic mass is 10.0. The lowest BCUT2D eigenvalue weighted by Gasteiger charge is -2.10. The molecule has 2 aromatic carbocycles. The zero-order valence-electron chi connectivity index (χ0n) is 11.2. The predicted octanol–water partition coefficient (Wildman–Crippen LogP) is 5.38. The Bertz CT molecular complexity index is 735. The van der Waals surface area contributed by atoms with Gasteiger partial charge in [0.25, 0.3) is 0 Å². The van der Waals surface area contributed by atoms with E-state index in [1.807, 2.05) is 61.5 Å². The monoisotopic (exact) mass is 279 g/mol. The van der Waals surface area contributed by atoms with Gasteiger partial charge >= 0.3 is 0 Å². The molecule has 0 aliphatic rings. The first-order valence-corrected chi connectivity index (χ1v) is 6.91. The molecule has 0 aliphatic heterocycles. The fourth-order valence-electron chi connectivity index (χ4n) is 2.26. The summed E-state index contributed by atoms with van der Waals surface area (Å²) >= 11 is 6.59. The summed E-state index contributed by atoms with van der Waals surface area (Å²) in [4.78, 5) is 4.55. The van der Waals surface area contributed by atoms with Crippen molar-refractivity contribution in [2.24, 2.45) is 0 Å². The molecule has 1 heterocycles. The first-order valence-electron chi connectivity index (χ1n) is 6.53. The van der Waals surface area contributed by atoms with E-state index >= 15 is 0 Å². The summed E-state index contributed by atoms with van der Waals surface area (Å²) < 4.78 is 0. The van der Waals surface area contributed by atoms with Crippen molar-refractivity contribution in [3.63, 3.8) is 0 Å². The molecule has 3 aromatic rings. The van der Waals surface area contributed by atoms with Crippen LogP contribution in [0.1, 0.15) is 5.69 Å². The molecule has 0 amide bonds. The van der Waals surface area contributed by atoms with Crippen molar-refractivity contribution < 1.29 is 0 Å². The molecule has 1 aromatic heterocycles. The van der Waals surface area contributed by atoms with Gasteiger partial charge in [0.1, 0.15) is 0 Å². The van der Waals surface area contributed by atoms with Gasteiger partial charge in [-0.1, -0.05) is 66.2 Å². The standard InChI is InChI=1S/C18H14ClN/c1-13-7-5-12-17(20-13)16-11-6-10-15(18(16)19)14-8-3-2-4-9-14/h2-12H,1H3. The number of rotatable bonds is 2. The summed E-state index contributed by atoms with van der Waals surface area (Å²) in [6.45, 7) is 1.98. The molecule has 98 valence electrons. The highest BCUT2D eigenvalue weighted by molar-refractivity contribution is 6.36. The third kappa shape index (κ3) is 2.45. The highest BCUT2D eigenvalue weighted by Crippen LogP contribution is 2.35. The predicted molar refractivity (Wildman–Crippen MR) is 84.9 cm³/mol. The van der Waals surface area contributed by atoms with Crippen LogP contribution in [0.3, 0.4) is 0 Å². The van der Waals surface area contributed by atoms with Crippen molar-refractivity contribution in [2.75, 3.05) is 0 Å². The Morgan fingerprint density at radius 2 is 1.45 bits per heavy atom. The lowest BCUT2D eigenvalue weighted by molar-refractivity contribution is 1.21. The molecule has 20 heavy (non-hydrogen) atoms. The molecule has 0 aliphatic carbocycles. The quantitative estimate of drug-likeness (QED) is 0.614. The van der Waals surface area contributed by atoms with Gasteiger partial charge in [0.15, 0.2) is 0 Å². The van der Waals surface area contributed by atoms with Crippen molar-refractivity contribution in [3.05, 3.63) is 77.4 Å². The van der Waals surface area contributed by atoms with Crippen LogP contribution in [0.25, 0.3) is 22.4 Å². The maximum Gasteiger partial charge on any atom is 0.0720 e. The first-order chi connectivity index (χ1) is 9.75. The number of pyridine rings is 1. The Hall–Kier alpha value is -2.12. The molecule has 0 fully saturated rings. The van der Waals surface area contributed by atoms with Crippen molar-refractivity contribution >= 4 is 11.6 Å². The second-order valence-electron chi connectivity index (χ2n) is 4.70. The summed E-state index contributed by atoms with van der Waals surface area (Å²) in [5, 5.41) is 0.747. The molecule has 0 N–H and O–H groups in total. The fourth-order valence-corrected chi connectivity index (χ4v) is 2.60. The van der Waals surface area contributed by atoms with Crippen LogP contribution in [-0.2, 0) is 0 Å². The third-order valence-corrected chi connectivity index (χ3v) is 3.65. The number of aromatic nitrogens is 1. The SMILES string of the molecule is Cc1cccc(-c2cccc(-c3ccccc3)c2Cl)n1. The van der Waals surface area contributed by atoms with Crippen LogP contribution in [0.5, 0.6) is 0 Å². The lowest BCUT2D eigenvalue weighted by Crippen LogP contribution is -1.89. The Morgan fingerprint density at radius 3 is 2.20 bits per heavy atom. The Kier molecular flexibility index (Phi) is 3.53. The van der Waals surface area contributed by atoms with Gasteiger partial charge in [-0.05, 0) is 24.6 Å². The largest absolute Gasteiger partial charge is 0.253 e. The number of hydrogen-bond donors (Lipinski definition) is 0. The molecule has 0 atom stereocenters. The van der Waals surface area contributed by atoms with Crippen LogP contribution < -0.4 is 0 Å². The minimum atomic E-state index is 0.747. The van der Waals surface area contributed by atoms with Crippen molar-refractivity contribution in [1.29, 1.82) is 0 Å². The molecule has 0 spiro atoms. The summed E-state index contributed by atoms with van der Waals surface area (Å²) in [6.07, 6.45) is 0. The van der Waals surface area contributed by atoms with Crippen LogP contribution in [0.4, 0.5) is 0 Å². The van der Waals surface area contributed by atoms with E-state index in [1.54, 1.807) is 0 Å². The molecule has 0 saturated heterocycles. The molecule has 1 nitrogen and oxygen atoms in total.